The number of hydrogen-bond acceptors (Lipinski definition) is 5. The highest BCUT2D eigenvalue weighted by Crippen LogP contribution is 2.28. The van der Waals surface area contributed by atoms with Crippen molar-refractivity contribution in [1.29, 1.82) is 0 Å². The van der Waals surface area contributed by atoms with Gasteiger partial charge in [0.2, 0.25) is 11.7 Å². The number of likely N-dealkylation sites (tertiary alicyclic amines) is 1. The molecule has 31 heavy (non-hydrogen) atoms. The summed E-state index contributed by atoms with van der Waals surface area (Å²) in [4.78, 5) is 34.6. The Labute approximate surface area is 172 Å². The minimum absolute atomic E-state index is 0.0600. The monoisotopic (exact) mass is 445 g/mol. The Kier molecular flexibility index (Phi) is 6.04. The summed E-state index contributed by atoms with van der Waals surface area (Å²) in [5.41, 5.74) is 0.0790. The van der Waals surface area contributed by atoms with E-state index in [1.54, 1.807) is 0 Å². The molecule has 8 nitrogen and oxygen atoms in total. The average molecular weight is 445 g/mol. The van der Waals surface area contributed by atoms with Gasteiger partial charge in [-0.05, 0) is 13.0 Å². The molecule has 0 spiro atoms. The lowest BCUT2D eigenvalue weighted by atomic mass is 10.1. The zero-order valence-electron chi connectivity index (χ0n) is 15.9. The van der Waals surface area contributed by atoms with Crippen LogP contribution in [-0.4, -0.2) is 55.2 Å². The maximum atomic E-state index is 14.1. The average Bonchev–Trinajstić information content (AvgIpc) is 3.01. The first-order valence-electron chi connectivity index (χ1n) is 8.96. The molecule has 0 radical (unpaired) electrons. The van der Waals surface area contributed by atoms with Crippen molar-refractivity contribution in [3.63, 3.8) is 0 Å². The molecule has 2 amide bonds. The van der Waals surface area contributed by atoms with E-state index in [-0.39, 0.29) is 29.8 Å². The Hall–Kier alpha value is -3.38. The summed E-state index contributed by atoms with van der Waals surface area (Å²) in [6.45, 7) is 0.962. The summed E-state index contributed by atoms with van der Waals surface area (Å²) in [5, 5.41) is 11.6. The lowest BCUT2D eigenvalue weighted by Gasteiger charge is -2.24. The normalized spacial score (nSPS) is 21.2. The first kappa shape index (κ1) is 22.3. The third-order valence-corrected chi connectivity index (χ3v) is 4.86. The summed E-state index contributed by atoms with van der Waals surface area (Å²) < 4.78 is 65.7. The number of pyridine rings is 1. The van der Waals surface area contributed by atoms with Gasteiger partial charge in [-0.1, -0.05) is 0 Å². The van der Waals surface area contributed by atoms with E-state index in [4.69, 9.17) is 0 Å². The standard InChI is InChI=1S/C18H16F5N5O3/c1-8-11(19)3-14(28(8)17(30)31)15(29)25-4-9-2-13(24-7-12(9)20)10-5-26-16(27-6-10)18(21,22)23/h2,5-8,11,14H,3-4H2,1H3,(H,25,29)(H,30,31)/t8-,11+,14-/m0/s1. The van der Waals surface area contributed by atoms with Crippen LogP contribution in [0.25, 0.3) is 11.3 Å². The van der Waals surface area contributed by atoms with E-state index in [2.05, 4.69) is 20.3 Å². The van der Waals surface area contributed by atoms with E-state index in [0.717, 1.165) is 18.6 Å². The van der Waals surface area contributed by atoms with Crippen molar-refractivity contribution in [2.45, 2.75) is 44.3 Å². The van der Waals surface area contributed by atoms with E-state index in [1.165, 1.54) is 13.0 Å². The molecule has 0 aromatic carbocycles. The highest BCUT2D eigenvalue weighted by atomic mass is 19.4. The molecular weight excluding hydrogens is 429 g/mol. The molecule has 1 fully saturated rings. The summed E-state index contributed by atoms with van der Waals surface area (Å²) in [6, 6.07) is -1.08. The van der Waals surface area contributed by atoms with Gasteiger partial charge in [0.1, 0.15) is 18.0 Å². The molecule has 0 bridgehead atoms. The fourth-order valence-electron chi connectivity index (χ4n) is 3.20. The molecule has 0 unspecified atom stereocenters. The van der Waals surface area contributed by atoms with Gasteiger partial charge in [0.15, 0.2) is 0 Å². The van der Waals surface area contributed by atoms with Gasteiger partial charge in [-0.3, -0.25) is 14.7 Å². The van der Waals surface area contributed by atoms with Gasteiger partial charge in [0.05, 0.1) is 17.9 Å². The summed E-state index contributed by atoms with van der Waals surface area (Å²) >= 11 is 0. The number of carboxylic acid groups (broad SMARTS) is 1. The van der Waals surface area contributed by atoms with Crippen LogP contribution in [0, 0.1) is 5.82 Å². The summed E-state index contributed by atoms with van der Waals surface area (Å²) in [6.07, 6.45) is -5.44. The number of nitrogens with zero attached hydrogens (tertiary/aromatic N) is 4. The number of amides is 2. The fraction of sp³-hybridized carbons (Fsp3) is 0.389. The second-order valence-electron chi connectivity index (χ2n) is 6.87. The predicted molar refractivity (Wildman–Crippen MR) is 94.7 cm³/mol. The molecule has 1 aliphatic rings. The quantitative estimate of drug-likeness (QED) is 0.701. The van der Waals surface area contributed by atoms with Crippen molar-refractivity contribution < 1.29 is 36.6 Å². The van der Waals surface area contributed by atoms with Crippen LogP contribution < -0.4 is 5.32 Å². The molecule has 3 atom stereocenters. The Morgan fingerprint density at radius 3 is 2.45 bits per heavy atom. The van der Waals surface area contributed by atoms with Crippen LogP contribution in [0.3, 0.4) is 0 Å². The fourth-order valence-corrected chi connectivity index (χ4v) is 3.20. The Bertz CT molecular complexity index is 986. The van der Waals surface area contributed by atoms with Crippen molar-refractivity contribution in [3.8, 4) is 11.3 Å². The van der Waals surface area contributed by atoms with E-state index < -0.39 is 48.1 Å². The van der Waals surface area contributed by atoms with Crippen LogP contribution in [0.1, 0.15) is 24.7 Å². The van der Waals surface area contributed by atoms with Crippen LogP contribution in [0.4, 0.5) is 26.7 Å². The van der Waals surface area contributed by atoms with E-state index in [9.17, 15) is 36.6 Å². The van der Waals surface area contributed by atoms with Crippen molar-refractivity contribution in [3.05, 3.63) is 41.9 Å². The van der Waals surface area contributed by atoms with Gasteiger partial charge in [-0.2, -0.15) is 13.2 Å². The minimum atomic E-state index is -4.72. The van der Waals surface area contributed by atoms with E-state index in [1.807, 2.05) is 0 Å². The second kappa shape index (κ2) is 8.40. The third kappa shape index (κ3) is 4.70. The molecule has 1 saturated heterocycles. The second-order valence-corrected chi connectivity index (χ2v) is 6.87. The number of aromatic nitrogens is 3. The maximum absolute atomic E-state index is 14.1. The van der Waals surface area contributed by atoms with Crippen molar-refractivity contribution in [2.24, 2.45) is 0 Å². The van der Waals surface area contributed by atoms with Crippen LogP contribution in [0.15, 0.2) is 24.7 Å². The van der Waals surface area contributed by atoms with Gasteiger partial charge in [0.25, 0.3) is 0 Å². The van der Waals surface area contributed by atoms with Gasteiger partial charge < -0.3 is 10.4 Å². The molecule has 3 heterocycles. The van der Waals surface area contributed by atoms with Crippen molar-refractivity contribution in [1.82, 2.24) is 25.2 Å². The Balaban J connectivity index is 1.74. The number of rotatable bonds is 4. The zero-order chi connectivity index (χ0) is 22.9. The SMILES string of the molecule is C[C@H]1[C@H](F)C[C@@H](C(=O)NCc2cc(-c3cnc(C(F)(F)F)nc3)ncc2F)N1C(=O)O. The number of carbonyl (C=O) groups is 2. The number of hydrogen-bond donors (Lipinski definition) is 2. The number of carbonyl (C=O) groups excluding carboxylic acids is 1. The van der Waals surface area contributed by atoms with Gasteiger partial charge in [0, 0.05) is 36.5 Å². The topological polar surface area (TPSA) is 108 Å². The van der Waals surface area contributed by atoms with Crippen molar-refractivity contribution in [2.75, 3.05) is 0 Å². The molecular formula is C18H16F5N5O3. The smallest absolute Gasteiger partial charge is 0.451 e. The molecule has 3 rings (SSSR count). The lowest BCUT2D eigenvalue weighted by molar-refractivity contribution is -0.145. The van der Waals surface area contributed by atoms with Crippen LogP contribution in [0.5, 0.6) is 0 Å². The molecule has 2 aromatic rings. The molecule has 1 aliphatic heterocycles. The number of alkyl halides is 4. The van der Waals surface area contributed by atoms with E-state index in [0.29, 0.717) is 4.90 Å². The van der Waals surface area contributed by atoms with Crippen LogP contribution >= 0.6 is 0 Å². The minimum Gasteiger partial charge on any atom is -0.465 e. The number of halogens is 5. The predicted octanol–water partition coefficient (Wildman–Crippen LogP) is 2.79. The van der Waals surface area contributed by atoms with Gasteiger partial charge >= 0.3 is 12.3 Å². The Morgan fingerprint density at radius 2 is 1.87 bits per heavy atom. The summed E-state index contributed by atoms with van der Waals surface area (Å²) in [5.74, 6) is -2.95. The maximum Gasteiger partial charge on any atom is 0.451 e. The van der Waals surface area contributed by atoms with Crippen LogP contribution in [-0.2, 0) is 17.5 Å². The first-order valence-corrected chi connectivity index (χ1v) is 8.96. The molecule has 166 valence electrons. The molecule has 2 N–H and O–H groups in total. The van der Waals surface area contributed by atoms with E-state index >= 15 is 0 Å². The van der Waals surface area contributed by atoms with Crippen LogP contribution in [0.2, 0.25) is 0 Å². The molecule has 2 aromatic heterocycles. The molecule has 0 aliphatic carbocycles. The largest absolute Gasteiger partial charge is 0.465 e. The number of nitrogens with one attached hydrogen (secondary N) is 1. The third-order valence-electron chi connectivity index (χ3n) is 4.86. The van der Waals surface area contributed by atoms with Crippen molar-refractivity contribution >= 4 is 12.0 Å². The Morgan fingerprint density at radius 1 is 1.23 bits per heavy atom. The highest BCUT2D eigenvalue weighted by Gasteiger charge is 2.45. The molecule has 13 heteroatoms. The molecule has 0 saturated carbocycles. The van der Waals surface area contributed by atoms with Gasteiger partial charge in [-0.15, -0.1) is 0 Å². The highest BCUT2D eigenvalue weighted by molar-refractivity contribution is 5.86. The summed E-state index contributed by atoms with van der Waals surface area (Å²) in [7, 11) is 0. The lowest BCUT2D eigenvalue weighted by Crippen LogP contribution is -2.47. The zero-order valence-corrected chi connectivity index (χ0v) is 15.9. The van der Waals surface area contributed by atoms with Gasteiger partial charge in [-0.25, -0.2) is 23.5 Å². The first-order chi connectivity index (χ1) is 14.5.